The number of hydrogen-bond acceptors (Lipinski definition) is 5. The van der Waals surface area contributed by atoms with Gasteiger partial charge in [-0.25, -0.2) is 18.4 Å². The molecular formula is C24H21BrF2N8O. The third kappa shape index (κ3) is 4.89. The number of anilines is 1. The molecule has 0 bridgehead atoms. The molecule has 4 heterocycles. The van der Waals surface area contributed by atoms with E-state index in [1.165, 1.54) is 10.7 Å². The van der Waals surface area contributed by atoms with Gasteiger partial charge in [0.1, 0.15) is 6.54 Å². The van der Waals surface area contributed by atoms with Crippen molar-refractivity contribution >= 4 is 38.6 Å². The van der Waals surface area contributed by atoms with Crippen LogP contribution in [0.25, 0.3) is 22.3 Å². The lowest BCUT2D eigenvalue weighted by Gasteiger charge is -2.09. The van der Waals surface area contributed by atoms with Gasteiger partial charge < -0.3 is 5.32 Å². The minimum atomic E-state index is -2.73. The van der Waals surface area contributed by atoms with Gasteiger partial charge in [-0.1, -0.05) is 12.1 Å². The molecule has 0 aliphatic heterocycles. The quantitative estimate of drug-likeness (QED) is 0.314. The monoisotopic (exact) mass is 554 g/mol. The smallest absolute Gasteiger partial charge is 0.264 e. The molecule has 4 aromatic heterocycles. The molecule has 0 fully saturated rings. The maximum atomic E-state index is 14.0. The SMILES string of the molecule is Cc1nn(CC(=O)Nc2cccc(Cn3cc(Br)cn3)c2)c2nc(-c3cnn(C)c3)cc(C(F)F)c12. The van der Waals surface area contributed by atoms with E-state index in [0.717, 1.165) is 10.0 Å². The predicted molar refractivity (Wildman–Crippen MR) is 134 cm³/mol. The molecule has 12 heteroatoms. The van der Waals surface area contributed by atoms with E-state index in [-0.39, 0.29) is 29.0 Å². The van der Waals surface area contributed by atoms with Gasteiger partial charge in [-0.2, -0.15) is 15.3 Å². The van der Waals surface area contributed by atoms with E-state index in [4.69, 9.17) is 0 Å². The molecule has 5 rings (SSSR count). The second-order valence-corrected chi connectivity index (χ2v) is 9.26. The Kier molecular flexibility index (Phi) is 6.35. The van der Waals surface area contributed by atoms with Gasteiger partial charge in [0.15, 0.2) is 5.65 Å². The molecule has 1 amide bonds. The number of aromatic nitrogens is 7. The summed E-state index contributed by atoms with van der Waals surface area (Å²) in [5.74, 6) is -0.356. The lowest BCUT2D eigenvalue weighted by Crippen LogP contribution is -2.20. The minimum absolute atomic E-state index is 0.180. The van der Waals surface area contributed by atoms with Crippen molar-refractivity contribution in [3.05, 3.63) is 76.4 Å². The Bertz CT molecular complexity index is 1570. The Morgan fingerprint density at radius 3 is 2.69 bits per heavy atom. The first-order chi connectivity index (χ1) is 17.3. The first-order valence-electron chi connectivity index (χ1n) is 11.0. The number of fused-ring (bicyclic) bond motifs is 1. The third-order valence-electron chi connectivity index (χ3n) is 5.59. The van der Waals surface area contributed by atoms with Crippen molar-refractivity contribution in [2.24, 2.45) is 7.05 Å². The lowest BCUT2D eigenvalue weighted by atomic mass is 10.1. The number of halogens is 3. The summed E-state index contributed by atoms with van der Waals surface area (Å²) >= 11 is 3.37. The van der Waals surface area contributed by atoms with E-state index in [1.54, 1.807) is 48.0 Å². The molecule has 0 atom stereocenters. The van der Waals surface area contributed by atoms with Crippen LogP contribution in [0.4, 0.5) is 14.5 Å². The third-order valence-corrected chi connectivity index (χ3v) is 6.00. The highest BCUT2D eigenvalue weighted by Crippen LogP contribution is 2.33. The second kappa shape index (κ2) is 9.61. The number of hydrogen-bond donors (Lipinski definition) is 1. The molecule has 0 spiro atoms. The molecule has 36 heavy (non-hydrogen) atoms. The normalized spacial score (nSPS) is 11.5. The number of pyridine rings is 1. The van der Waals surface area contributed by atoms with Crippen molar-refractivity contribution in [3.8, 4) is 11.3 Å². The maximum absolute atomic E-state index is 14.0. The van der Waals surface area contributed by atoms with E-state index in [9.17, 15) is 13.6 Å². The van der Waals surface area contributed by atoms with Crippen LogP contribution in [0.15, 0.2) is 59.6 Å². The fraction of sp³-hybridized carbons (Fsp3) is 0.208. The molecule has 0 radical (unpaired) electrons. The molecule has 0 saturated carbocycles. The predicted octanol–water partition coefficient (Wildman–Crippen LogP) is 4.72. The van der Waals surface area contributed by atoms with Gasteiger partial charge in [0.05, 0.1) is 40.2 Å². The maximum Gasteiger partial charge on any atom is 0.264 e. The van der Waals surface area contributed by atoms with Crippen LogP contribution in [0.2, 0.25) is 0 Å². The van der Waals surface area contributed by atoms with Gasteiger partial charge in [0.2, 0.25) is 5.91 Å². The van der Waals surface area contributed by atoms with Gasteiger partial charge in [-0.05, 0) is 46.6 Å². The van der Waals surface area contributed by atoms with Crippen LogP contribution in [-0.4, -0.2) is 40.2 Å². The van der Waals surface area contributed by atoms with Crippen molar-refractivity contribution < 1.29 is 13.6 Å². The van der Waals surface area contributed by atoms with E-state index < -0.39 is 6.43 Å². The minimum Gasteiger partial charge on any atom is -0.324 e. The van der Waals surface area contributed by atoms with Crippen LogP contribution in [0.3, 0.4) is 0 Å². The number of nitrogens with zero attached hydrogens (tertiary/aromatic N) is 7. The van der Waals surface area contributed by atoms with Crippen LogP contribution in [0, 0.1) is 6.92 Å². The fourth-order valence-corrected chi connectivity index (χ4v) is 4.39. The molecule has 1 N–H and O–H groups in total. The standard InChI is InChI=1S/C24H21BrF2N8O/c1-14-22-19(23(26)27)7-20(16-8-28-33(2)11-16)31-24(22)35(32-14)13-21(36)30-18-5-3-4-15(6-18)10-34-12-17(25)9-29-34/h3-9,11-12,23H,10,13H2,1-2H3,(H,30,36). The molecule has 5 aromatic rings. The van der Waals surface area contributed by atoms with Crippen LogP contribution in [0.1, 0.15) is 23.2 Å². The number of benzene rings is 1. The summed E-state index contributed by atoms with van der Waals surface area (Å²) in [5, 5.41) is 15.8. The van der Waals surface area contributed by atoms with E-state index in [1.807, 2.05) is 24.4 Å². The number of carbonyl (C=O) groups is 1. The van der Waals surface area contributed by atoms with Crippen molar-refractivity contribution in [3.63, 3.8) is 0 Å². The summed E-state index contributed by atoms with van der Waals surface area (Å²) in [6.07, 6.45) is 4.08. The van der Waals surface area contributed by atoms with Crippen molar-refractivity contribution in [1.29, 1.82) is 0 Å². The van der Waals surface area contributed by atoms with Crippen LogP contribution in [0.5, 0.6) is 0 Å². The highest BCUT2D eigenvalue weighted by atomic mass is 79.9. The Morgan fingerprint density at radius 2 is 2.00 bits per heavy atom. The van der Waals surface area contributed by atoms with Crippen LogP contribution >= 0.6 is 15.9 Å². The van der Waals surface area contributed by atoms with Crippen LogP contribution < -0.4 is 5.32 Å². The number of nitrogens with one attached hydrogen (secondary N) is 1. The Balaban J connectivity index is 1.41. The van der Waals surface area contributed by atoms with Crippen molar-refractivity contribution in [1.82, 2.24) is 34.3 Å². The average Bonchev–Trinajstić information content (AvgIpc) is 3.53. The Labute approximate surface area is 212 Å². The number of rotatable bonds is 7. The van der Waals surface area contributed by atoms with Gasteiger partial charge in [-0.3, -0.25) is 14.2 Å². The molecule has 9 nitrogen and oxygen atoms in total. The first kappa shape index (κ1) is 23.8. The summed E-state index contributed by atoms with van der Waals surface area (Å²) in [6, 6.07) is 8.76. The lowest BCUT2D eigenvalue weighted by molar-refractivity contribution is -0.116. The van der Waals surface area contributed by atoms with Gasteiger partial charge in [-0.15, -0.1) is 0 Å². The van der Waals surface area contributed by atoms with E-state index >= 15 is 0 Å². The summed E-state index contributed by atoms with van der Waals surface area (Å²) in [4.78, 5) is 17.5. The molecule has 0 saturated heterocycles. The Morgan fingerprint density at radius 1 is 1.17 bits per heavy atom. The zero-order valence-corrected chi connectivity index (χ0v) is 20.9. The zero-order chi connectivity index (χ0) is 25.4. The zero-order valence-electron chi connectivity index (χ0n) is 19.4. The van der Waals surface area contributed by atoms with E-state index in [0.29, 0.717) is 29.2 Å². The number of aryl methyl sites for hydroxylation is 2. The van der Waals surface area contributed by atoms with E-state index in [2.05, 4.69) is 41.5 Å². The largest absolute Gasteiger partial charge is 0.324 e. The molecule has 184 valence electrons. The molecular weight excluding hydrogens is 534 g/mol. The second-order valence-electron chi connectivity index (χ2n) is 8.35. The molecule has 1 aromatic carbocycles. The molecule has 0 unspecified atom stereocenters. The first-order valence-corrected chi connectivity index (χ1v) is 11.8. The molecule has 0 aliphatic carbocycles. The summed E-state index contributed by atoms with van der Waals surface area (Å²) in [5.41, 5.74) is 2.91. The highest BCUT2D eigenvalue weighted by Gasteiger charge is 2.22. The number of carbonyl (C=O) groups excluding carboxylic acids is 1. The topological polar surface area (TPSA) is 95.5 Å². The number of amides is 1. The highest BCUT2D eigenvalue weighted by molar-refractivity contribution is 9.10. The van der Waals surface area contributed by atoms with Gasteiger partial charge in [0.25, 0.3) is 6.43 Å². The fourth-order valence-electron chi connectivity index (χ4n) is 4.07. The molecule has 0 aliphatic rings. The van der Waals surface area contributed by atoms with Crippen molar-refractivity contribution in [2.45, 2.75) is 26.4 Å². The summed E-state index contributed by atoms with van der Waals surface area (Å²) < 4.78 is 33.5. The average molecular weight is 555 g/mol. The summed E-state index contributed by atoms with van der Waals surface area (Å²) in [6.45, 7) is 1.98. The summed E-state index contributed by atoms with van der Waals surface area (Å²) in [7, 11) is 1.73. The Hall–Kier alpha value is -3.93. The van der Waals surface area contributed by atoms with Gasteiger partial charge in [0, 0.05) is 36.3 Å². The number of alkyl halides is 2. The van der Waals surface area contributed by atoms with Crippen molar-refractivity contribution in [2.75, 3.05) is 5.32 Å². The van der Waals surface area contributed by atoms with Gasteiger partial charge >= 0.3 is 0 Å². The van der Waals surface area contributed by atoms with Crippen LogP contribution in [-0.2, 0) is 24.9 Å².